The Bertz CT molecular complexity index is 887. The van der Waals surface area contributed by atoms with Crippen LogP contribution < -0.4 is 10.6 Å². The van der Waals surface area contributed by atoms with Crippen molar-refractivity contribution in [3.63, 3.8) is 0 Å². The molecule has 1 atom stereocenters. The number of aromatic nitrogens is 1. The quantitative estimate of drug-likeness (QED) is 0.803. The van der Waals surface area contributed by atoms with Gasteiger partial charge in [-0.25, -0.2) is 4.39 Å². The van der Waals surface area contributed by atoms with Gasteiger partial charge in [0, 0.05) is 13.1 Å². The number of nitrogens with one attached hydrogen (secondary N) is 2. The molecule has 2 aromatic rings. The van der Waals surface area contributed by atoms with Crippen LogP contribution in [0, 0.1) is 11.7 Å². The SMILES string of the molecule is C[C@@H](NC(=O)c1cc(C(=O)NCC2CC2)c2n1CCOC2)c1ccc(F)cc1. The zero-order valence-electron chi connectivity index (χ0n) is 15.8. The van der Waals surface area contributed by atoms with Crippen LogP contribution in [-0.2, 0) is 17.9 Å². The second kappa shape index (κ2) is 7.75. The van der Waals surface area contributed by atoms with Gasteiger partial charge in [0.1, 0.15) is 11.5 Å². The van der Waals surface area contributed by atoms with E-state index in [9.17, 15) is 14.0 Å². The fourth-order valence-corrected chi connectivity index (χ4v) is 3.47. The fraction of sp³-hybridized carbons (Fsp3) is 0.429. The van der Waals surface area contributed by atoms with Gasteiger partial charge in [-0.1, -0.05) is 12.1 Å². The first-order chi connectivity index (χ1) is 13.5. The molecule has 0 spiro atoms. The molecule has 1 aromatic carbocycles. The lowest BCUT2D eigenvalue weighted by molar-refractivity contribution is 0.0776. The molecular weight excluding hydrogens is 361 g/mol. The molecule has 2 aliphatic rings. The van der Waals surface area contributed by atoms with Gasteiger partial charge >= 0.3 is 0 Å². The number of fused-ring (bicyclic) bond motifs is 1. The second-order valence-corrected chi connectivity index (χ2v) is 7.49. The molecule has 4 rings (SSSR count). The maximum atomic E-state index is 13.1. The van der Waals surface area contributed by atoms with Crippen molar-refractivity contribution in [2.45, 2.75) is 39.0 Å². The molecule has 1 fully saturated rings. The fourth-order valence-electron chi connectivity index (χ4n) is 3.47. The molecule has 6 nitrogen and oxygen atoms in total. The molecule has 0 radical (unpaired) electrons. The van der Waals surface area contributed by atoms with Gasteiger partial charge in [-0.3, -0.25) is 9.59 Å². The van der Waals surface area contributed by atoms with Crippen molar-refractivity contribution in [3.05, 3.63) is 58.7 Å². The standard InChI is InChI=1S/C21H24FN3O3/c1-13(15-4-6-16(22)7-5-15)24-21(27)18-10-17(19-12-28-9-8-25(18)19)20(26)23-11-14-2-3-14/h4-7,10,13-14H,2-3,8-9,11-12H2,1H3,(H,23,26)(H,24,27)/t13-/m1/s1. The highest BCUT2D eigenvalue weighted by Gasteiger charge is 2.28. The molecule has 148 valence electrons. The smallest absolute Gasteiger partial charge is 0.268 e. The minimum absolute atomic E-state index is 0.160. The number of rotatable bonds is 6. The molecule has 1 aromatic heterocycles. The van der Waals surface area contributed by atoms with Crippen molar-refractivity contribution in [1.29, 1.82) is 0 Å². The van der Waals surface area contributed by atoms with Crippen LogP contribution in [0.3, 0.4) is 0 Å². The average Bonchev–Trinajstić information content (AvgIpc) is 3.44. The topological polar surface area (TPSA) is 72.4 Å². The molecule has 7 heteroatoms. The molecule has 2 N–H and O–H groups in total. The van der Waals surface area contributed by atoms with Crippen molar-refractivity contribution in [3.8, 4) is 0 Å². The van der Waals surface area contributed by atoms with Crippen LogP contribution in [0.15, 0.2) is 30.3 Å². The van der Waals surface area contributed by atoms with Crippen molar-refractivity contribution in [2.24, 2.45) is 5.92 Å². The highest BCUT2D eigenvalue weighted by atomic mass is 19.1. The number of halogens is 1. The van der Waals surface area contributed by atoms with Gasteiger partial charge in [0.15, 0.2) is 0 Å². The number of carbonyl (C=O) groups excluding carboxylic acids is 2. The van der Waals surface area contributed by atoms with Crippen LogP contribution in [-0.4, -0.2) is 29.5 Å². The average molecular weight is 385 g/mol. The summed E-state index contributed by atoms with van der Waals surface area (Å²) in [6.45, 7) is 3.86. The Morgan fingerprint density at radius 2 is 2.00 bits per heavy atom. The van der Waals surface area contributed by atoms with E-state index in [4.69, 9.17) is 4.74 Å². The monoisotopic (exact) mass is 385 g/mol. The Morgan fingerprint density at radius 1 is 1.25 bits per heavy atom. The molecule has 0 unspecified atom stereocenters. The Kier molecular flexibility index (Phi) is 5.17. The third-order valence-electron chi connectivity index (χ3n) is 5.35. The first-order valence-electron chi connectivity index (χ1n) is 9.67. The number of ether oxygens (including phenoxy) is 1. The van der Waals surface area contributed by atoms with E-state index in [-0.39, 0.29) is 23.7 Å². The third kappa shape index (κ3) is 3.94. The van der Waals surface area contributed by atoms with E-state index in [1.165, 1.54) is 12.1 Å². The van der Waals surface area contributed by atoms with E-state index in [0.717, 1.165) is 24.1 Å². The van der Waals surface area contributed by atoms with Crippen LogP contribution in [0.5, 0.6) is 0 Å². The number of amides is 2. The van der Waals surface area contributed by atoms with Crippen LogP contribution in [0.25, 0.3) is 0 Å². The summed E-state index contributed by atoms with van der Waals surface area (Å²) in [7, 11) is 0. The van der Waals surface area contributed by atoms with E-state index >= 15 is 0 Å². The van der Waals surface area contributed by atoms with Gasteiger partial charge in [-0.05, 0) is 49.4 Å². The molecule has 0 saturated heterocycles. The highest BCUT2D eigenvalue weighted by Crippen LogP contribution is 2.28. The van der Waals surface area contributed by atoms with Gasteiger partial charge in [0.25, 0.3) is 11.8 Å². The molecule has 2 amide bonds. The summed E-state index contributed by atoms with van der Waals surface area (Å²) in [4.78, 5) is 25.5. The van der Waals surface area contributed by atoms with Crippen LogP contribution in [0.1, 0.15) is 57.9 Å². The predicted molar refractivity (Wildman–Crippen MR) is 101 cm³/mol. The zero-order chi connectivity index (χ0) is 19.7. The normalized spacial score (nSPS) is 16.9. The zero-order valence-corrected chi connectivity index (χ0v) is 15.8. The molecule has 1 saturated carbocycles. The molecule has 0 bridgehead atoms. The number of nitrogens with zero attached hydrogens (tertiary/aromatic N) is 1. The van der Waals surface area contributed by atoms with E-state index in [1.54, 1.807) is 18.2 Å². The lowest BCUT2D eigenvalue weighted by atomic mass is 10.1. The van der Waals surface area contributed by atoms with Gasteiger partial charge in [-0.2, -0.15) is 0 Å². The second-order valence-electron chi connectivity index (χ2n) is 7.49. The third-order valence-corrected chi connectivity index (χ3v) is 5.35. The minimum Gasteiger partial charge on any atom is -0.373 e. The van der Waals surface area contributed by atoms with Crippen molar-refractivity contribution < 1.29 is 18.7 Å². The van der Waals surface area contributed by atoms with E-state index in [2.05, 4.69) is 10.6 Å². The summed E-state index contributed by atoms with van der Waals surface area (Å²) in [6, 6.07) is 7.41. The number of carbonyl (C=O) groups is 2. The molecular formula is C21H24FN3O3. The summed E-state index contributed by atoms with van der Waals surface area (Å²) in [5, 5.41) is 5.90. The Hall–Kier alpha value is -2.67. The summed E-state index contributed by atoms with van der Waals surface area (Å²) >= 11 is 0. The maximum absolute atomic E-state index is 13.1. The van der Waals surface area contributed by atoms with Crippen molar-refractivity contribution in [1.82, 2.24) is 15.2 Å². The lowest BCUT2D eigenvalue weighted by Gasteiger charge is -2.20. The maximum Gasteiger partial charge on any atom is 0.268 e. The summed E-state index contributed by atoms with van der Waals surface area (Å²) in [5.74, 6) is -0.157. The Balaban J connectivity index is 1.53. The van der Waals surface area contributed by atoms with Gasteiger partial charge in [-0.15, -0.1) is 0 Å². The molecule has 28 heavy (non-hydrogen) atoms. The molecule has 1 aliphatic heterocycles. The highest BCUT2D eigenvalue weighted by molar-refractivity contribution is 6.00. The Morgan fingerprint density at radius 3 is 2.71 bits per heavy atom. The van der Waals surface area contributed by atoms with Crippen molar-refractivity contribution >= 4 is 11.8 Å². The van der Waals surface area contributed by atoms with E-state index < -0.39 is 0 Å². The van der Waals surface area contributed by atoms with Crippen LogP contribution in [0.4, 0.5) is 4.39 Å². The van der Waals surface area contributed by atoms with Gasteiger partial charge in [0.2, 0.25) is 0 Å². The first kappa shape index (κ1) is 18.7. The van der Waals surface area contributed by atoms with E-state index in [0.29, 0.717) is 43.5 Å². The van der Waals surface area contributed by atoms with Crippen molar-refractivity contribution in [2.75, 3.05) is 13.2 Å². The lowest BCUT2D eigenvalue weighted by Crippen LogP contribution is -2.30. The molecule has 1 aliphatic carbocycles. The number of hydrogen-bond donors (Lipinski definition) is 2. The van der Waals surface area contributed by atoms with Gasteiger partial charge < -0.3 is 19.9 Å². The summed E-state index contributed by atoms with van der Waals surface area (Å²) in [5.41, 5.74) is 2.49. The minimum atomic E-state index is -0.315. The Labute approximate surface area is 163 Å². The number of benzene rings is 1. The van der Waals surface area contributed by atoms with E-state index in [1.807, 2.05) is 11.5 Å². The van der Waals surface area contributed by atoms with Crippen LogP contribution >= 0.6 is 0 Å². The number of hydrogen-bond acceptors (Lipinski definition) is 3. The summed E-state index contributed by atoms with van der Waals surface area (Å²) in [6.07, 6.45) is 2.32. The van der Waals surface area contributed by atoms with Gasteiger partial charge in [0.05, 0.1) is 30.5 Å². The largest absolute Gasteiger partial charge is 0.373 e. The summed E-state index contributed by atoms with van der Waals surface area (Å²) < 4.78 is 20.5. The molecule has 2 heterocycles. The predicted octanol–water partition coefficient (Wildman–Crippen LogP) is 2.79. The van der Waals surface area contributed by atoms with Crippen LogP contribution in [0.2, 0.25) is 0 Å². The first-order valence-corrected chi connectivity index (χ1v) is 9.67.